The number of aromatic nitrogens is 2. The second kappa shape index (κ2) is 5.93. The number of fused-ring (bicyclic) bond motifs is 1. The lowest BCUT2D eigenvalue weighted by Crippen LogP contribution is -2.17. The fourth-order valence-electron chi connectivity index (χ4n) is 2.91. The predicted molar refractivity (Wildman–Crippen MR) is 100 cm³/mol. The van der Waals surface area contributed by atoms with E-state index < -0.39 is 10.0 Å². The molecule has 3 rings (SSSR count). The highest BCUT2D eigenvalue weighted by Gasteiger charge is 2.23. The molecule has 0 spiro atoms. The lowest BCUT2D eigenvalue weighted by Gasteiger charge is -2.17. The van der Waals surface area contributed by atoms with E-state index in [1.807, 2.05) is 19.9 Å². The summed E-state index contributed by atoms with van der Waals surface area (Å²) < 4.78 is 28.5. The summed E-state index contributed by atoms with van der Waals surface area (Å²) in [6, 6.07) is 4.97. The zero-order valence-electron chi connectivity index (χ0n) is 14.2. The van der Waals surface area contributed by atoms with Gasteiger partial charge in [0.15, 0.2) is 0 Å². The van der Waals surface area contributed by atoms with Crippen LogP contribution in [0.3, 0.4) is 0 Å². The van der Waals surface area contributed by atoms with Gasteiger partial charge >= 0.3 is 5.69 Å². The summed E-state index contributed by atoms with van der Waals surface area (Å²) in [5, 5.41) is 0.200. The van der Waals surface area contributed by atoms with Crippen molar-refractivity contribution in [2.75, 3.05) is 4.72 Å². The molecule has 3 aromatic rings. The van der Waals surface area contributed by atoms with Crippen LogP contribution in [-0.2, 0) is 10.0 Å². The number of H-pyrrole nitrogens is 2. The van der Waals surface area contributed by atoms with Crippen LogP contribution in [0.5, 0.6) is 0 Å². The van der Waals surface area contributed by atoms with E-state index >= 15 is 0 Å². The Morgan fingerprint density at radius 1 is 0.920 bits per heavy atom. The number of imidazole rings is 1. The van der Waals surface area contributed by atoms with E-state index in [4.69, 9.17) is 11.6 Å². The highest BCUT2D eigenvalue weighted by molar-refractivity contribution is 7.92. The molecule has 0 amide bonds. The lowest BCUT2D eigenvalue weighted by molar-refractivity contribution is 0.599. The summed E-state index contributed by atoms with van der Waals surface area (Å²) in [6.07, 6.45) is 0. The van der Waals surface area contributed by atoms with Gasteiger partial charge in [0.1, 0.15) is 0 Å². The third-order valence-corrected chi connectivity index (χ3v) is 6.37. The monoisotopic (exact) mass is 379 g/mol. The predicted octanol–water partition coefficient (Wildman–Crippen LogP) is 3.54. The van der Waals surface area contributed by atoms with Crippen LogP contribution in [0.2, 0.25) is 5.02 Å². The van der Waals surface area contributed by atoms with E-state index in [0.29, 0.717) is 22.2 Å². The molecule has 0 aliphatic carbocycles. The van der Waals surface area contributed by atoms with E-state index in [-0.39, 0.29) is 21.3 Å². The Hall–Kier alpha value is -2.25. The van der Waals surface area contributed by atoms with E-state index in [9.17, 15) is 13.2 Å². The Kier molecular flexibility index (Phi) is 4.17. The largest absolute Gasteiger partial charge is 0.323 e. The van der Waals surface area contributed by atoms with Crippen LogP contribution in [0.4, 0.5) is 5.69 Å². The number of aromatic amines is 2. The number of hydrogen-bond donors (Lipinski definition) is 3. The number of rotatable bonds is 3. The van der Waals surface area contributed by atoms with Gasteiger partial charge in [0.2, 0.25) is 0 Å². The van der Waals surface area contributed by atoms with Gasteiger partial charge in [0.25, 0.3) is 10.0 Å². The van der Waals surface area contributed by atoms with Crippen LogP contribution in [0.15, 0.2) is 27.9 Å². The molecule has 0 aliphatic heterocycles. The Labute approximate surface area is 150 Å². The van der Waals surface area contributed by atoms with Crippen molar-refractivity contribution in [2.24, 2.45) is 0 Å². The normalized spacial score (nSPS) is 11.9. The maximum Gasteiger partial charge on any atom is 0.323 e. The van der Waals surface area contributed by atoms with Gasteiger partial charge in [-0.2, -0.15) is 0 Å². The van der Waals surface area contributed by atoms with Gasteiger partial charge in [-0.25, -0.2) is 13.2 Å². The van der Waals surface area contributed by atoms with Crippen molar-refractivity contribution < 1.29 is 8.42 Å². The Morgan fingerprint density at radius 3 is 2.00 bits per heavy atom. The third kappa shape index (κ3) is 3.05. The van der Waals surface area contributed by atoms with Gasteiger partial charge < -0.3 is 9.97 Å². The van der Waals surface area contributed by atoms with Crippen LogP contribution in [0.1, 0.15) is 22.3 Å². The molecule has 3 N–H and O–H groups in total. The Morgan fingerprint density at radius 2 is 1.44 bits per heavy atom. The quantitative estimate of drug-likeness (QED) is 0.649. The van der Waals surface area contributed by atoms with Crippen LogP contribution in [0, 0.1) is 27.7 Å². The highest BCUT2D eigenvalue weighted by Crippen LogP contribution is 2.31. The minimum absolute atomic E-state index is 0.200. The molecule has 0 aliphatic rings. The molecular formula is C17H18ClN3O3S. The Bertz CT molecular complexity index is 1130. The van der Waals surface area contributed by atoms with Crippen LogP contribution >= 0.6 is 11.6 Å². The first-order chi connectivity index (χ1) is 11.6. The summed E-state index contributed by atoms with van der Waals surface area (Å²) in [6.45, 7) is 7.32. The number of sulfonamides is 1. The van der Waals surface area contributed by atoms with Gasteiger partial charge in [-0.05, 0) is 62.1 Å². The van der Waals surface area contributed by atoms with E-state index in [1.165, 1.54) is 12.1 Å². The van der Waals surface area contributed by atoms with Crippen LogP contribution in [-0.4, -0.2) is 18.4 Å². The standard InChI is InChI=1S/C17H18ClN3O3S/c1-8-5-9(2)11(4)16(10(8)3)25(23,24)21-13-7-15-14(6-12(13)18)19-17(22)20-15/h5-7,21H,1-4H3,(H2,19,20,22). The van der Waals surface area contributed by atoms with Crippen molar-refractivity contribution in [1.82, 2.24) is 9.97 Å². The van der Waals surface area contributed by atoms with Crippen molar-refractivity contribution in [2.45, 2.75) is 32.6 Å². The molecule has 0 bridgehead atoms. The molecule has 0 saturated carbocycles. The van der Waals surface area contributed by atoms with Gasteiger partial charge in [-0.1, -0.05) is 17.7 Å². The maximum absolute atomic E-state index is 13.0. The van der Waals surface area contributed by atoms with E-state index in [0.717, 1.165) is 11.1 Å². The number of halogens is 1. The number of benzene rings is 2. The first-order valence-corrected chi connectivity index (χ1v) is 9.48. The van der Waals surface area contributed by atoms with Gasteiger partial charge in [-0.3, -0.25) is 4.72 Å². The average Bonchev–Trinajstić information content (AvgIpc) is 2.84. The molecule has 0 atom stereocenters. The van der Waals surface area contributed by atoms with Crippen molar-refractivity contribution in [3.05, 3.63) is 56.0 Å². The number of nitrogens with one attached hydrogen (secondary N) is 3. The number of hydrogen-bond acceptors (Lipinski definition) is 3. The Balaban J connectivity index is 2.15. The van der Waals surface area contributed by atoms with Crippen molar-refractivity contribution >= 4 is 38.3 Å². The van der Waals surface area contributed by atoms with Gasteiger partial charge in [0.05, 0.1) is 26.6 Å². The molecule has 1 heterocycles. The third-order valence-electron chi connectivity index (χ3n) is 4.41. The molecule has 6 nitrogen and oxygen atoms in total. The lowest BCUT2D eigenvalue weighted by atomic mass is 10.0. The number of anilines is 1. The minimum atomic E-state index is -3.84. The minimum Gasteiger partial charge on any atom is -0.306 e. The smallest absolute Gasteiger partial charge is 0.306 e. The first kappa shape index (κ1) is 17.6. The molecule has 0 fully saturated rings. The van der Waals surface area contributed by atoms with Gasteiger partial charge in [-0.15, -0.1) is 0 Å². The second-order valence-electron chi connectivity index (χ2n) is 6.15. The molecule has 0 unspecified atom stereocenters. The summed E-state index contributed by atoms with van der Waals surface area (Å²) in [4.78, 5) is 16.8. The highest BCUT2D eigenvalue weighted by atomic mass is 35.5. The zero-order valence-corrected chi connectivity index (χ0v) is 15.8. The van der Waals surface area contributed by atoms with Crippen molar-refractivity contribution in [1.29, 1.82) is 0 Å². The van der Waals surface area contributed by atoms with Crippen molar-refractivity contribution in [3.63, 3.8) is 0 Å². The van der Waals surface area contributed by atoms with E-state index in [1.54, 1.807) is 13.8 Å². The van der Waals surface area contributed by atoms with E-state index in [2.05, 4.69) is 14.7 Å². The molecular weight excluding hydrogens is 362 g/mol. The van der Waals surface area contributed by atoms with Crippen molar-refractivity contribution in [3.8, 4) is 0 Å². The topological polar surface area (TPSA) is 94.8 Å². The SMILES string of the molecule is Cc1cc(C)c(C)c(S(=O)(=O)Nc2cc3[nH]c(=O)[nH]c3cc2Cl)c1C. The molecule has 132 valence electrons. The summed E-state index contributed by atoms with van der Waals surface area (Å²) >= 11 is 6.19. The molecule has 2 aromatic carbocycles. The summed E-state index contributed by atoms with van der Waals surface area (Å²) in [5.41, 5.74) is 4.01. The second-order valence-corrected chi connectivity index (χ2v) is 8.18. The molecule has 0 saturated heterocycles. The van der Waals surface area contributed by atoms with Crippen LogP contribution < -0.4 is 10.4 Å². The average molecular weight is 380 g/mol. The zero-order chi connectivity index (χ0) is 18.5. The number of aryl methyl sites for hydroxylation is 2. The molecule has 0 radical (unpaired) electrons. The summed E-state index contributed by atoms with van der Waals surface area (Å²) in [5.74, 6) is 0. The first-order valence-electron chi connectivity index (χ1n) is 7.62. The molecule has 25 heavy (non-hydrogen) atoms. The fraction of sp³-hybridized carbons (Fsp3) is 0.235. The van der Waals surface area contributed by atoms with Gasteiger partial charge in [0, 0.05) is 0 Å². The fourth-order valence-corrected chi connectivity index (χ4v) is 4.87. The summed E-state index contributed by atoms with van der Waals surface area (Å²) in [7, 11) is -3.84. The molecule has 8 heteroatoms. The maximum atomic E-state index is 13.0. The molecule has 1 aromatic heterocycles. The van der Waals surface area contributed by atoms with Crippen LogP contribution in [0.25, 0.3) is 11.0 Å².